The van der Waals surface area contributed by atoms with E-state index in [1.807, 2.05) is 6.92 Å². The van der Waals surface area contributed by atoms with E-state index in [2.05, 4.69) is 5.92 Å². The molecule has 0 aliphatic carbocycles. The monoisotopic (exact) mass is 163 g/mol. The second kappa shape index (κ2) is 3.22. The first-order valence-corrected chi connectivity index (χ1v) is 3.72. The largest absolute Gasteiger partial charge is 0.269 e. The molecule has 12 heavy (non-hydrogen) atoms. The molecular weight excluding hydrogens is 154 g/mol. The molecule has 0 aromatic heterocycles. The van der Waals surface area contributed by atoms with Crippen molar-refractivity contribution >= 4 is 11.8 Å². The van der Waals surface area contributed by atoms with Gasteiger partial charge < -0.3 is 0 Å². The highest BCUT2D eigenvalue weighted by Gasteiger charge is 2.28. The van der Waals surface area contributed by atoms with Gasteiger partial charge in [-0.25, -0.2) is 0 Å². The van der Waals surface area contributed by atoms with Crippen molar-refractivity contribution in [3.63, 3.8) is 0 Å². The van der Waals surface area contributed by atoms with Crippen molar-refractivity contribution in [2.24, 2.45) is 0 Å². The van der Waals surface area contributed by atoms with Crippen LogP contribution in [0.1, 0.15) is 13.3 Å². The quantitative estimate of drug-likeness (QED) is 0.434. The number of rotatable bonds is 2. The SMILES string of the molecule is C#CC(CC)N1C(=O)C=CC1=O. The van der Waals surface area contributed by atoms with Crippen molar-refractivity contribution in [1.29, 1.82) is 0 Å². The number of hydrogen-bond acceptors (Lipinski definition) is 2. The third-order valence-electron chi connectivity index (χ3n) is 1.73. The molecule has 3 nitrogen and oxygen atoms in total. The second-order valence-corrected chi connectivity index (χ2v) is 2.47. The number of carbonyl (C=O) groups is 2. The summed E-state index contributed by atoms with van der Waals surface area (Å²) >= 11 is 0. The molecule has 0 aromatic rings. The molecule has 0 saturated carbocycles. The molecule has 0 bridgehead atoms. The van der Waals surface area contributed by atoms with E-state index in [0.29, 0.717) is 6.42 Å². The van der Waals surface area contributed by atoms with Crippen molar-refractivity contribution in [3.8, 4) is 12.3 Å². The van der Waals surface area contributed by atoms with Crippen LogP contribution in [0.4, 0.5) is 0 Å². The molecule has 0 spiro atoms. The summed E-state index contributed by atoms with van der Waals surface area (Å²) in [5.74, 6) is 1.77. The van der Waals surface area contributed by atoms with Crippen LogP contribution in [0.15, 0.2) is 12.2 Å². The van der Waals surface area contributed by atoms with Crippen molar-refractivity contribution in [1.82, 2.24) is 4.90 Å². The maximum absolute atomic E-state index is 11.1. The molecule has 1 atom stereocenters. The minimum absolute atomic E-state index is 0.315. The molecule has 2 amide bonds. The van der Waals surface area contributed by atoms with Crippen LogP contribution in [0.2, 0.25) is 0 Å². The molecule has 62 valence electrons. The number of nitrogens with zero attached hydrogens (tertiary/aromatic N) is 1. The zero-order valence-electron chi connectivity index (χ0n) is 6.78. The smallest absolute Gasteiger partial charge is 0.254 e. The van der Waals surface area contributed by atoms with E-state index in [9.17, 15) is 9.59 Å². The lowest BCUT2D eigenvalue weighted by molar-refractivity contribution is -0.138. The van der Waals surface area contributed by atoms with Crippen molar-refractivity contribution in [2.45, 2.75) is 19.4 Å². The van der Waals surface area contributed by atoms with Crippen LogP contribution in [-0.2, 0) is 9.59 Å². The molecule has 0 N–H and O–H groups in total. The first kappa shape index (κ1) is 8.54. The number of carbonyl (C=O) groups excluding carboxylic acids is 2. The standard InChI is InChI=1S/C9H9NO2/c1-3-7(4-2)10-8(11)5-6-9(10)12/h1,5-7H,4H2,2H3. The molecule has 1 aliphatic rings. The van der Waals surface area contributed by atoms with Gasteiger partial charge in [0, 0.05) is 12.2 Å². The fraction of sp³-hybridized carbons (Fsp3) is 0.333. The Morgan fingerprint density at radius 3 is 2.33 bits per heavy atom. The lowest BCUT2D eigenvalue weighted by atomic mass is 10.2. The maximum Gasteiger partial charge on any atom is 0.254 e. The molecule has 0 fully saturated rings. The molecule has 1 unspecified atom stereocenters. The van der Waals surface area contributed by atoms with Gasteiger partial charge in [0.2, 0.25) is 0 Å². The molecule has 0 aromatic carbocycles. The van der Waals surface area contributed by atoms with Crippen molar-refractivity contribution in [2.75, 3.05) is 0 Å². The predicted molar refractivity (Wildman–Crippen MR) is 43.9 cm³/mol. The van der Waals surface area contributed by atoms with Gasteiger partial charge in [0.25, 0.3) is 11.8 Å². The Hall–Kier alpha value is -1.56. The highest BCUT2D eigenvalue weighted by Crippen LogP contribution is 2.10. The second-order valence-electron chi connectivity index (χ2n) is 2.47. The average Bonchev–Trinajstić information content (AvgIpc) is 2.38. The van der Waals surface area contributed by atoms with Crippen LogP contribution in [0.5, 0.6) is 0 Å². The third kappa shape index (κ3) is 1.24. The van der Waals surface area contributed by atoms with Gasteiger partial charge in [0.05, 0.1) is 0 Å². The summed E-state index contributed by atoms with van der Waals surface area (Å²) in [7, 11) is 0. The van der Waals surface area contributed by atoms with Gasteiger partial charge in [-0.05, 0) is 6.42 Å². The summed E-state index contributed by atoms with van der Waals surface area (Å²) in [5.41, 5.74) is 0. The molecule has 1 rings (SSSR count). The van der Waals surface area contributed by atoms with Crippen LogP contribution < -0.4 is 0 Å². The Balaban J connectivity index is 2.83. The number of hydrogen-bond donors (Lipinski definition) is 0. The highest BCUT2D eigenvalue weighted by atomic mass is 16.2. The van der Waals surface area contributed by atoms with Crippen molar-refractivity contribution < 1.29 is 9.59 Å². The molecule has 0 saturated heterocycles. The van der Waals surface area contributed by atoms with E-state index in [0.717, 1.165) is 4.90 Å². The van der Waals surface area contributed by atoms with Crippen LogP contribution in [-0.4, -0.2) is 22.8 Å². The van der Waals surface area contributed by atoms with Gasteiger partial charge in [-0.3, -0.25) is 14.5 Å². The van der Waals surface area contributed by atoms with Gasteiger partial charge >= 0.3 is 0 Å². The summed E-state index contributed by atoms with van der Waals surface area (Å²) in [4.78, 5) is 23.2. The Bertz CT molecular complexity index is 267. The van der Waals surface area contributed by atoms with Crippen LogP contribution in [0, 0.1) is 12.3 Å². The summed E-state index contributed by atoms with van der Waals surface area (Å²) in [6, 6.07) is -0.403. The fourth-order valence-corrected chi connectivity index (χ4v) is 1.09. The van der Waals surface area contributed by atoms with Gasteiger partial charge in [-0.15, -0.1) is 6.42 Å². The number of terminal acetylenes is 1. The van der Waals surface area contributed by atoms with E-state index in [4.69, 9.17) is 6.42 Å². The summed E-state index contributed by atoms with van der Waals surface area (Å²) in [6.07, 6.45) is 8.23. The fourth-order valence-electron chi connectivity index (χ4n) is 1.09. The lowest BCUT2D eigenvalue weighted by Crippen LogP contribution is -2.38. The predicted octanol–water partition coefficient (Wildman–Crippen LogP) is 0.323. The van der Waals surface area contributed by atoms with E-state index >= 15 is 0 Å². The molecule has 1 aliphatic heterocycles. The number of imide groups is 1. The van der Waals surface area contributed by atoms with E-state index in [1.165, 1.54) is 12.2 Å². The average molecular weight is 163 g/mol. The zero-order chi connectivity index (χ0) is 9.14. The first-order valence-electron chi connectivity index (χ1n) is 3.72. The van der Waals surface area contributed by atoms with E-state index in [1.54, 1.807) is 0 Å². The Labute approximate surface area is 71.0 Å². The van der Waals surface area contributed by atoms with Gasteiger partial charge in [-0.1, -0.05) is 12.8 Å². The molecular formula is C9H9NO2. The summed E-state index contributed by atoms with van der Waals surface area (Å²) in [5, 5.41) is 0. The van der Waals surface area contributed by atoms with Gasteiger partial charge in [0.1, 0.15) is 6.04 Å². The Morgan fingerprint density at radius 2 is 2.00 bits per heavy atom. The lowest BCUT2D eigenvalue weighted by Gasteiger charge is -2.19. The topological polar surface area (TPSA) is 37.4 Å². The third-order valence-corrected chi connectivity index (χ3v) is 1.73. The van der Waals surface area contributed by atoms with Gasteiger partial charge in [-0.2, -0.15) is 0 Å². The van der Waals surface area contributed by atoms with Crippen LogP contribution in [0.3, 0.4) is 0 Å². The molecule has 1 heterocycles. The van der Waals surface area contributed by atoms with Crippen molar-refractivity contribution in [3.05, 3.63) is 12.2 Å². The maximum atomic E-state index is 11.1. The normalized spacial score (nSPS) is 18.2. The Morgan fingerprint density at radius 1 is 1.50 bits per heavy atom. The summed E-state index contributed by atoms with van der Waals surface area (Å²) in [6.45, 7) is 1.84. The summed E-state index contributed by atoms with van der Waals surface area (Å²) < 4.78 is 0. The minimum Gasteiger partial charge on any atom is -0.269 e. The van der Waals surface area contributed by atoms with Crippen LogP contribution in [0.25, 0.3) is 0 Å². The van der Waals surface area contributed by atoms with Gasteiger partial charge in [0.15, 0.2) is 0 Å². The van der Waals surface area contributed by atoms with Crippen LogP contribution >= 0.6 is 0 Å². The highest BCUT2D eigenvalue weighted by molar-refractivity contribution is 6.13. The number of amides is 2. The molecule has 0 radical (unpaired) electrons. The zero-order valence-corrected chi connectivity index (χ0v) is 6.78. The minimum atomic E-state index is -0.403. The first-order chi connectivity index (χ1) is 5.70. The molecule has 3 heteroatoms. The van der Waals surface area contributed by atoms with E-state index < -0.39 is 6.04 Å². The van der Waals surface area contributed by atoms with E-state index in [-0.39, 0.29) is 11.8 Å². The Kier molecular flexibility index (Phi) is 2.29.